The first-order valence-electron chi connectivity index (χ1n) is 7.00. The molecule has 2 aromatic rings. The van der Waals surface area contributed by atoms with E-state index >= 15 is 0 Å². The van der Waals surface area contributed by atoms with Crippen molar-refractivity contribution in [1.29, 1.82) is 0 Å². The van der Waals surface area contributed by atoms with Crippen molar-refractivity contribution in [2.24, 2.45) is 0 Å². The summed E-state index contributed by atoms with van der Waals surface area (Å²) in [7, 11) is 4.08. The Kier molecular flexibility index (Phi) is 5.86. The van der Waals surface area contributed by atoms with Gasteiger partial charge in [-0.15, -0.1) is 0 Å². The highest BCUT2D eigenvalue weighted by Gasteiger charge is 2.21. The van der Waals surface area contributed by atoms with E-state index in [0.29, 0.717) is 0 Å². The van der Waals surface area contributed by atoms with Crippen molar-refractivity contribution in [3.63, 3.8) is 0 Å². The van der Waals surface area contributed by atoms with Gasteiger partial charge in [-0.1, -0.05) is 12.1 Å². The van der Waals surface area contributed by atoms with Gasteiger partial charge in [0.05, 0.1) is 24.7 Å². The number of rotatable bonds is 6. The molecule has 134 valence electrons. The minimum Gasteiger partial charge on any atom is -0.493 e. The molecule has 0 saturated heterocycles. The molecule has 0 saturated carbocycles. The van der Waals surface area contributed by atoms with E-state index in [1.807, 2.05) is 0 Å². The summed E-state index contributed by atoms with van der Waals surface area (Å²) in [5, 5.41) is 2.46. The number of carbonyl (C=O) groups is 1. The van der Waals surface area contributed by atoms with E-state index in [-0.39, 0.29) is 34.1 Å². The maximum Gasteiger partial charge on any atom is 0.261 e. The number of carbonyl (C=O) groups excluding carboxylic acids is 1. The maximum atomic E-state index is 13.6. The summed E-state index contributed by atoms with van der Waals surface area (Å²) in [4.78, 5) is 11.9. The summed E-state index contributed by atoms with van der Waals surface area (Å²) in [6, 6.07) is 8.03. The van der Waals surface area contributed by atoms with Gasteiger partial charge >= 0.3 is 0 Å². The molecule has 0 aliphatic rings. The number of benzene rings is 2. The molecule has 2 rings (SSSR count). The van der Waals surface area contributed by atoms with Crippen molar-refractivity contribution in [3.05, 3.63) is 53.3 Å². The first-order chi connectivity index (χ1) is 11.8. The highest BCUT2D eigenvalue weighted by atomic mass is 35.7. The lowest BCUT2D eigenvalue weighted by atomic mass is 10.1. The van der Waals surface area contributed by atoms with Gasteiger partial charge in [-0.05, 0) is 23.8 Å². The quantitative estimate of drug-likeness (QED) is 0.771. The van der Waals surface area contributed by atoms with Crippen LogP contribution in [0.15, 0.2) is 41.3 Å². The summed E-state index contributed by atoms with van der Waals surface area (Å²) in [5.41, 5.74) is 0.0237. The predicted octanol–water partition coefficient (Wildman–Crippen LogP) is 2.70. The van der Waals surface area contributed by atoms with Crippen LogP contribution in [0.2, 0.25) is 0 Å². The third kappa shape index (κ3) is 4.40. The van der Waals surface area contributed by atoms with Crippen LogP contribution in [-0.2, 0) is 15.6 Å². The van der Waals surface area contributed by atoms with E-state index in [1.54, 1.807) is 0 Å². The maximum absolute atomic E-state index is 13.6. The molecule has 0 bridgehead atoms. The van der Waals surface area contributed by atoms with Crippen LogP contribution in [0, 0.1) is 5.82 Å². The Labute approximate surface area is 148 Å². The standard InChI is InChI=1S/C16H15ClFNO5S/c1-23-13-7-10(15(25(17,21)22)8-14(13)24-2)9-19-16(20)11-5-3-4-6-12(11)18/h3-8H,9H2,1-2H3,(H,19,20). The van der Waals surface area contributed by atoms with Crippen LogP contribution in [0.25, 0.3) is 0 Å². The number of methoxy groups -OCH3 is 2. The second kappa shape index (κ2) is 7.71. The van der Waals surface area contributed by atoms with E-state index in [1.165, 1.54) is 44.6 Å². The van der Waals surface area contributed by atoms with Gasteiger partial charge in [0.15, 0.2) is 11.5 Å². The Morgan fingerprint density at radius 3 is 2.32 bits per heavy atom. The molecule has 0 fully saturated rings. The van der Waals surface area contributed by atoms with Gasteiger partial charge in [-0.25, -0.2) is 12.8 Å². The summed E-state index contributed by atoms with van der Waals surface area (Å²) in [6.45, 7) is -0.200. The van der Waals surface area contributed by atoms with Gasteiger partial charge in [0.2, 0.25) is 0 Å². The van der Waals surface area contributed by atoms with Gasteiger partial charge in [-0.3, -0.25) is 4.79 Å². The molecule has 6 nitrogen and oxygen atoms in total. The Balaban J connectivity index is 2.35. The number of hydrogen-bond donors (Lipinski definition) is 1. The Morgan fingerprint density at radius 2 is 1.76 bits per heavy atom. The van der Waals surface area contributed by atoms with E-state index in [2.05, 4.69) is 5.32 Å². The number of halogens is 2. The summed E-state index contributed by atoms with van der Waals surface area (Å²) >= 11 is 0. The fourth-order valence-electron chi connectivity index (χ4n) is 2.18. The number of amides is 1. The molecule has 0 aromatic heterocycles. The smallest absolute Gasteiger partial charge is 0.261 e. The summed E-state index contributed by atoms with van der Waals surface area (Å²) in [6.07, 6.45) is 0. The average Bonchev–Trinajstić information content (AvgIpc) is 2.58. The fraction of sp³-hybridized carbons (Fsp3) is 0.188. The van der Waals surface area contributed by atoms with Crippen LogP contribution in [0.4, 0.5) is 4.39 Å². The van der Waals surface area contributed by atoms with E-state index in [4.69, 9.17) is 20.2 Å². The number of hydrogen-bond acceptors (Lipinski definition) is 5. The molecular formula is C16H15ClFNO5S. The zero-order chi connectivity index (χ0) is 18.6. The van der Waals surface area contributed by atoms with E-state index < -0.39 is 20.8 Å². The van der Waals surface area contributed by atoms with Crippen molar-refractivity contribution in [1.82, 2.24) is 5.32 Å². The van der Waals surface area contributed by atoms with Crippen LogP contribution < -0.4 is 14.8 Å². The molecule has 2 aromatic carbocycles. The van der Waals surface area contributed by atoms with Crippen LogP contribution in [0.1, 0.15) is 15.9 Å². The molecule has 1 N–H and O–H groups in total. The van der Waals surface area contributed by atoms with Crippen molar-refractivity contribution < 1.29 is 27.1 Å². The van der Waals surface area contributed by atoms with Gasteiger partial charge < -0.3 is 14.8 Å². The Morgan fingerprint density at radius 1 is 1.16 bits per heavy atom. The Bertz CT molecular complexity index is 901. The van der Waals surface area contributed by atoms with Crippen LogP contribution in [0.5, 0.6) is 11.5 Å². The minimum atomic E-state index is -4.10. The third-order valence-electron chi connectivity index (χ3n) is 3.39. The first kappa shape index (κ1) is 19.0. The molecule has 0 unspecified atom stereocenters. The number of ether oxygens (including phenoxy) is 2. The zero-order valence-electron chi connectivity index (χ0n) is 13.4. The van der Waals surface area contributed by atoms with Crippen LogP contribution >= 0.6 is 10.7 Å². The van der Waals surface area contributed by atoms with Gasteiger partial charge in [0.25, 0.3) is 15.0 Å². The van der Waals surface area contributed by atoms with Crippen molar-refractivity contribution in [3.8, 4) is 11.5 Å². The minimum absolute atomic E-state index is 0.154. The first-order valence-corrected chi connectivity index (χ1v) is 9.31. The van der Waals surface area contributed by atoms with Gasteiger partial charge in [0, 0.05) is 23.3 Å². The molecule has 0 radical (unpaired) electrons. The summed E-state index contributed by atoms with van der Waals surface area (Å²) in [5.74, 6) is -0.934. The summed E-state index contributed by atoms with van der Waals surface area (Å²) < 4.78 is 47.4. The molecule has 0 atom stereocenters. The second-order valence-electron chi connectivity index (χ2n) is 4.92. The van der Waals surface area contributed by atoms with Gasteiger partial charge in [0.1, 0.15) is 5.82 Å². The molecule has 0 heterocycles. The lowest BCUT2D eigenvalue weighted by Crippen LogP contribution is -2.24. The molecule has 25 heavy (non-hydrogen) atoms. The predicted molar refractivity (Wildman–Crippen MR) is 90.2 cm³/mol. The topological polar surface area (TPSA) is 81.7 Å². The van der Waals surface area contributed by atoms with Crippen LogP contribution in [0.3, 0.4) is 0 Å². The molecule has 9 heteroatoms. The molecule has 1 amide bonds. The second-order valence-corrected chi connectivity index (χ2v) is 7.45. The van der Waals surface area contributed by atoms with Crippen molar-refractivity contribution in [2.75, 3.05) is 14.2 Å². The van der Waals surface area contributed by atoms with Crippen molar-refractivity contribution in [2.45, 2.75) is 11.4 Å². The van der Waals surface area contributed by atoms with Crippen molar-refractivity contribution >= 4 is 25.6 Å². The normalized spacial score (nSPS) is 11.0. The largest absolute Gasteiger partial charge is 0.493 e. The highest BCUT2D eigenvalue weighted by Crippen LogP contribution is 2.34. The third-order valence-corrected chi connectivity index (χ3v) is 4.79. The number of nitrogens with one attached hydrogen (secondary N) is 1. The van der Waals surface area contributed by atoms with E-state index in [9.17, 15) is 17.6 Å². The molecule has 0 aliphatic carbocycles. The molecule has 0 spiro atoms. The SMILES string of the molecule is COc1cc(CNC(=O)c2ccccc2F)c(S(=O)(=O)Cl)cc1OC. The molecular weight excluding hydrogens is 373 g/mol. The highest BCUT2D eigenvalue weighted by molar-refractivity contribution is 8.13. The lowest BCUT2D eigenvalue weighted by molar-refractivity contribution is 0.0946. The van der Waals surface area contributed by atoms with Gasteiger partial charge in [-0.2, -0.15) is 0 Å². The van der Waals surface area contributed by atoms with Crippen LogP contribution in [-0.4, -0.2) is 28.5 Å². The monoisotopic (exact) mass is 387 g/mol. The molecule has 0 aliphatic heterocycles. The fourth-order valence-corrected chi connectivity index (χ4v) is 3.31. The average molecular weight is 388 g/mol. The van der Waals surface area contributed by atoms with E-state index in [0.717, 1.165) is 6.07 Å². The lowest BCUT2D eigenvalue weighted by Gasteiger charge is -2.14. The zero-order valence-corrected chi connectivity index (χ0v) is 14.9. The Hall–Kier alpha value is -2.32.